The summed E-state index contributed by atoms with van der Waals surface area (Å²) in [6.45, 7) is 8.35. The van der Waals surface area contributed by atoms with Gasteiger partial charge in [0.25, 0.3) is 0 Å². The molecule has 0 atom stereocenters. The summed E-state index contributed by atoms with van der Waals surface area (Å²) in [5.74, 6) is 15.3. The van der Waals surface area contributed by atoms with E-state index < -0.39 is 11.9 Å². The summed E-state index contributed by atoms with van der Waals surface area (Å²) in [7, 11) is 0. The maximum Gasteiger partial charge on any atom is 0.384 e. The highest BCUT2D eigenvalue weighted by Crippen LogP contribution is 2.38. The first-order valence-electron chi connectivity index (χ1n) is 28.6. The predicted octanol–water partition coefficient (Wildman–Crippen LogP) is 17.5. The first-order valence-corrected chi connectivity index (χ1v) is 29.0. The maximum absolute atomic E-state index is 12.0. The minimum absolute atomic E-state index is 0.0787. The third-order valence-electron chi connectivity index (χ3n) is 12.3. The largest absolute Gasteiger partial charge is 0.456 e. The van der Waals surface area contributed by atoms with Crippen LogP contribution < -0.4 is 0 Å². The van der Waals surface area contributed by atoms with Crippen molar-refractivity contribution in [3.05, 3.63) is 285 Å². The van der Waals surface area contributed by atoms with Crippen LogP contribution >= 0.6 is 15.9 Å². The molecule has 0 unspecified atom stereocenters. The van der Waals surface area contributed by atoms with Gasteiger partial charge in [0.2, 0.25) is 0 Å². The Morgan fingerprint density at radius 3 is 0.843 bits per heavy atom. The van der Waals surface area contributed by atoms with Gasteiger partial charge in [-0.2, -0.15) is 0 Å². The molecule has 0 aliphatic rings. The van der Waals surface area contributed by atoms with Crippen LogP contribution in [0.1, 0.15) is 141 Å². The van der Waals surface area contributed by atoms with Crippen molar-refractivity contribution >= 4 is 55.9 Å². The van der Waals surface area contributed by atoms with Crippen LogP contribution in [0.5, 0.6) is 0 Å². The highest BCUT2D eigenvalue weighted by molar-refractivity contribution is 9.09. The van der Waals surface area contributed by atoms with Gasteiger partial charge in [-0.05, 0) is 148 Å². The summed E-state index contributed by atoms with van der Waals surface area (Å²) >= 11 is 3.31. The molecule has 0 heterocycles. The van der Waals surface area contributed by atoms with E-state index in [1.54, 1.807) is 0 Å². The summed E-state index contributed by atoms with van der Waals surface area (Å²) in [5, 5.41) is 1.16. The Morgan fingerprint density at radius 1 is 0.398 bits per heavy atom. The molecule has 5 nitrogen and oxygen atoms in total. The average Bonchev–Trinajstić information content (AvgIpc) is 3.22. The Morgan fingerprint density at radius 2 is 0.639 bits per heavy atom. The van der Waals surface area contributed by atoms with Crippen LogP contribution in [0.3, 0.4) is 0 Å². The number of Topliss-reactive ketones (excluding diaryl/α,β-unsaturated/α-hetero) is 1. The number of terminal acetylenes is 2. The van der Waals surface area contributed by atoms with E-state index in [1.165, 1.54) is 19.8 Å². The minimum atomic E-state index is -0.514. The van der Waals surface area contributed by atoms with Gasteiger partial charge < -0.3 is 14.3 Å². The Hall–Kier alpha value is -9.43. The topological polar surface area (TPSA) is 69.7 Å². The van der Waals surface area contributed by atoms with E-state index in [9.17, 15) is 14.4 Å². The van der Waals surface area contributed by atoms with E-state index in [2.05, 4.69) is 155 Å². The number of esters is 2. The number of hydrogen-bond donors (Lipinski definition) is 0. The number of ketones is 1. The molecule has 0 aliphatic heterocycles. The highest BCUT2D eigenvalue weighted by atomic mass is 79.9. The molecule has 416 valence electrons. The molecule has 8 rings (SSSR count). The first kappa shape index (κ1) is 62.8. The molecule has 0 N–H and O–H groups in total. The molecule has 8 aromatic carbocycles. The van der Waals surface area contributed by atoms with Gasteiger partial charge in [-0.15, -0.1) is 12.8 Å². The molecule has 0 bridgehead atoms. The third-order valence-corrected chi connectivity index (χ3v) is 12.9. The molecule has 0 aromatic heterocycles. The summed E-state index contributed by atoms with van der Waals surface area (Å²) in [5.41, 5.74) is 16.2. The van der Waals surface area contributed by atoms with Crippen molar-refractivity contribution < 1.29 is 25.2 Å². The molecule has 0 aliphatic carbocycles. The Kier molecular flexibility index (Phi) is 27.8. The lowest BCUT2D eigenvalue weighted by molar-refractivity contribution is -0.137. The molecule has 83 heavy (non-hydrogen) atoms. The molecule has 0 saturated carbocycles. The maximum atomic E-state index is 12.0. The number of alkyl halides is 1. The van der Waals surface area contributed by atoms with Gasteiger partial charge in [0.15, 0.2) is 0 Å². The van der Waals surface area contributed by atoms with Crippen LogP contribution in [0, 0.1) is 48.4 Å². The zero-order valence-corrected chi connectivity index (χ0v) is 49.5. The predicted molar refractivity (Wildman–Crippen MR) is 348 cm³/mol. The highest BCUT2D eigenvalue weighted by Gasteiger charge is 2.18. The number of unbranched alkanes of at least 4 members (excludes halogenated alkanes) is 3. The lowest BCUT2D eigenvalue weighted by atomic mass is 9.85. The molecule has 0 spiro atoms. The number of carbonyl (C=O) groups excluding carboxylic acids is 3. The second kappa shape index (κ2) is 36.8. The van der Waals surface area contributed by atoms with Gasteiger partial charge in [-0.25, -0.2) is 9.59 Å². The van der Waals surface area contributed by atoms with Crippen LogP contribution in [0.4, 0.5) is 0 Å². The van der Waals surface area contributed by atoms with Crippen molar-refractivity contribution in [3.8, 4) is 48.4 Å². The molecule has 0 saturated heterocycles. The summed E-state index contributed by atoms with van der Waals surface area (Å²) in [4.78, 5) is 33.6. The zero-order chi connectivity index (χ0) is 60.2. The Labute approximate surface area is 503 Å². The fourth-order valence-corrected chi connectivity index (χ4v) is 8.78. The lowest BCUT2D eigenvalue weighted by Crippen LogP contribution is -2.02. The number of halogens is 1. The first-order chi connectivity index (χ1) is 41.1. The molecule has 6 heteroatoms. The van der Waals surface area contributed by atoms with Crippen LogP contribution in [0.25, 0.3) is 22.3 Å². The summed E-state index contributed by atoms with van der Waals surface area (Å²) in [6.07, 6.45) is 17.3. The van der Waals surface area contributed by atoms with Crippen molar-refractivity contribution in [2.75, 3.05) is 18.5 Å². The second-order valence-corrected chi connectivity index (χ2v) is 19.6. The summed E-state index contributed by atoms with van der Waals surface area (Å²) < 4.78 is 16.6. The normalized spacial score (nSPS) is 10.7. The number of benzene rings is 8. The standard InChI is InChI=1S/C40H36O4.C30H20.C4H9Br.C3H6O/c1-3-5-29-43-37(41)27-21-31-17-23-35(24-18-31)39(33-13-9-7-10-14-33)40(34-15-11-8-12-16-34)36-25-19-32(20-26-36)22-28-38(42)44-30-6-4-2;1-3-23-15-19-27(20-16-23)29(25-11-7-5-8-12-25)30(26-13-9-6-10-14-26)28-21-17-24(4-2)18-22-28;1-2-3-4-5;1-3(2)4/h7-20,23-26H,3-6,29-30H2,1-2H3;1-2,5-22H;2-4H2,1H3;1-2H3/i;;;1D. The van der Waals surface area contributed by atoms with Crippen molar-refractivity contribution in [3.63, 3.8) is 0 Å². The Balaban J connectivity index is 0.000000277. The van der Waals surface area contributed by atoms with Gasteiger partial charge in [-0.3, -0.25) is 0 Å². The third kappa shape index (κ3) is 21.9. The van der Waals surface area contributed by atoms with Crippen LogP contribution in [-0.4, -0.2) is 36.3 Å². The number of ether oxygens (including phenoxy) is 2. The SMILES string of the molecule is C#Cc1ccc(C(=C(c2ccccc2)c2ccc(C#C)cc2)c2ccccc2)cc1.CCCCBr.CCCCOC(=O)C#Cc1ccc(C(=C(c2ccccc2)c2ccc(C#CC(=O)OCCCC)cc2)c2ccccc2)cc1.[2H]CC(C)=O. The lowest BCUT2D eigenvalue weighted by Gasteiger charge is -2.18. The quantitative estimate of drug-likeness (QED) is 0.0317. The van der Waals surface area contributed by atoms with Crippen molar-refractivity contribution in [2.45, 2.75) is 73.1 Å². The molecule has 0 fully saturated rings. The number of carbonyl (C=O) groups is 3. The van der Waals surface area contributed by atoms with E-state index >= 15 is 0 Å². The molecule has 0 radical (unpaired) electrons. The van der Waals surface area contributed by atoms with Crippen LogP contribution in [0.2, 0.25) is 0 Å². The van der Waals surface area contributed by atoms with Crippen LogP contribution in [-0.2, 0) is 23.9 Å². The molecule has 8 aromatic rings. The van der Waals surface area contributed by atoms with E-state index in [1.807, 2.05) is 135 Å². The van der Waals surface area contributed by atoms with Crippen LogP contribution in [0.15, 0.2) is 218 Å². The van der Waals surface area contributed by atoms with Gasteiger partial charge in [0.05, 0.1) is 13.2 Å². The molecular weight excluding hydrogens is 1080 g/mol. The van der Waals surface area contributed by atoms with Crippen molar-refractivity contribution in [1.82, 2.24) is 0 Å². The van der Waals surface area contributed by atoms with E-state index in [-0.39, 0.29) is 12.7 Å². The minimum Gasteiger partial charge on any atom is -0.456 e. The monoisotopic (exact) mass is 1160 g/mol. The van der Waals surface area contributed by atoms with E-state index in [0.717, 1.165) is 120 Å². The average molecular weight is 1160 g/mol. The zero-order valence-electron chi connectivity index (χ0n) is 48.9. The van der Waals surface area contributed by atoms with Gasteiger partial charge in [0, 0.05) is 40.8 Å². The second-order valence-electron chi connectivity index (χ2n) is 18.8. The van der Waals surface area contributed by atoms with Crippen molar-refractivity contribution in [1.29, 1.82) is 0 Å². The van der Waals surface area contributed by atoms with Crippen molar-refractivity contribution in [2.24, 2.45) is 0 Å². The van der Waals surface area contributed by atoms with Gasteiger partial charge in [-0.1, -0.05) is 250 Å². The van der Waals surface area contributed by atoms with E-state index in [0.29, 0.717) is 13.2 Å². The van der Waals surface area contributed by atoms with E-state index in [4.69, 9.17) is 23.7 Å². The smallest absolute Gasteiger partial charge is 0.384 e. The Bertz CT molecular complexity index is 3360. The molecule has 0 amide bonds. The number of rotatable bonds is 16. The fourth-order valence-electron chi connectivity index (χ4n) is 8.22. The summed E-state index contributed by atoms with van der Waals surface area (Å²) in [6, 6.07) is 73.5. The molecular formula is C77H71BrO5. The fraction of sp³-hybridized carbons (Fsp3) is 0.182. The van der Waals surface area contributed by atoms with Gasteiger partial charge in [0.1, 0.15) is 5.78 Å². The number of hydrogen-bond acceptors (Lipinski definition) is 5. The van der Waals surface area contributed by atoms with Gasteiger partial charge >= 0.3 is 11.9 Å².